The van der Waals surface area contributed by atoms with E-state index < -0.39 is 5.97 Å². The second kappa shape index (κ2) is 35.0. The van der Waals surface area contributed by atoms with Crippen LogP contribution in [0.5, 0.6) is 12.0 Å². The Labute approximate surface area is 394 Å². The number of anilines is 1. The van der Waals surface area contributed by atoms with Gasteiger partial charge < -0.3 is 78.1 Å². The summed E-state index contributed by atoms with van der Waals surface area (Å²) in [4.78, 5) is 35.8. The van der Waals surface area contributed by atoms with Crippen LogP contribution < -0.4 is 15.8 Å². The number of aryl methyl sites for hydroxylation is 1. The minimum Gasteiger partial charge on any atom is -0.481 e. The molecule has 0 radical (unpaired) electrons. The molecule has 3 heterocycles. The first-order valence-corrected chi connectivity index (χ1v) is 22.4. The zero-order valence-corrected chi connectivity index (χ0v) is 38.8. The van der Waals surface area contributed by atoms with Gasteiger partial charge in [0.15, 0.2) is 17.0 Å². The molecule has 4 aromatic rings. The molecule has 0 unspecified atom stereocenters. The predicted molar refractivity (Wildman–Crippen MR) is 241 cm³/mol. The van der Waals surface area contributed by atoms with Crippen LogP contribution in [0.25, 0.3) is 11.2 Å². The molecule has 1 aromatic carbocycles. The first kappa shape index (κ1) is 55.4. The SMILES string of the molecule is COCCOc1nc(N)c2nc(O)n(Cc3ccc(C(=O)NCCOCCOCCOCCOCCOCCOCCOCCOCCOCCOCCn4cc(CCC(=O)O)nn4)cc3)c2n1. The van der Waals surface area contributed by atoms with Crippen LogP contribution in [0, 0.1) is 0 Å². The monoisotopic (exact) mass is 965 g/mol. The number of ether oxygens (including phenoxy) is 12. The van der Waals surface area contributed by atoms with Gasteiger partial charge in [0.25, 0.3) is 11.9 Å². The average Bonchev–Trinajstić information content (AvgIpc) is 3.93. The third-order valence-electron chi connectivity index (χ3n) is 9.18. The van der Waals surface area contributed by atoms with Crippen LogP contribution in [0.4, 0.5) is 5.82 Å². The van der Waals surface area contributed by atoms with Gasteiger partial charge in [0.2, 0.25) is 0 Å². The lowest BCUT2D eigenvalue weighted by atomic mass is 10.1. The largest absolute Gasteiger partial charge is 0.481 e. The van der Waals surface area contributed by atoms with Gasteiger partial charge in [-0.15, -0.1) is 5.10 Å². The standard InChI is InChI=1S/C43H67N9O16/c1-57-12-31-68-42-47-39(44)38-40(48-42)52(43(56)46-38)32-34-2-4-35(5-3-34)41(55)45-8-10-58-13-15-60-17-19-62-21-23-64-25-27-66-29-30-67-28-26-65-24-22-63-20-18-61-16-14-59-11-9-51-33-36(49-50-51)6-7-37(53)54/h2-5,33H,6-32H2,1H3,(H,45,55)(H,46,56)(H,53,54)(H2,44,47,48). The van der Waals surface area contributed by atoms with E-state index in [0.717, 1.165) is 5.56 Å². The van der Waals surface area contributed by atoms with Crippen molar-refractivity contribution in [1.82, 2.24) is 39.8 Å². The van der Waals surface area contributed by atoms with Gasteiger partial charge in [0.1, 0.15) is 6.61 Å². The predicted octanol–water partition coefficient (Wildman–Crippen LogP) is 0.392. The van der Waals surface area contributed by atoms with Crippen LogP contribution in [0.15, 0.2) is 30.5 Å². The van der Waals surface area contributed by atoms with Crippen molar-refractivity contribution in [1.29, 1.82) is 0 Å². The number of methoxy groups -OCH3 is 1. The number of imidazole rings is 1. The molecular weight excluding hydrogens is 899 g/mol. The first-order chi connectivity index (χ1) is 33.3. The number of nitrogens with one attached hydrogen (secondary N) is 1. The first-order valence-electron chi connectivity index (χ1n) is 22.4. The van der Waals surface area contributed by atoms with Crippen molar-refractivity contribution in [2.45, 2.75) is 25.9 Å². The number of hydrogen-bond donors (Lipinski definition) is 4. The van der Waals surface area contributed by atoms with Crippen molar-refractivity contribution in [2.24, 2.45) is 0 Å². The summed E-state index contributed by atoms with van der Waals surface area (Å²) in [5, 5.41) is 29.9. The van der Waals surface area contributed by atoms with Crippen LogP contribution in [0.1, 0.15) is 28.0 Å². The van der Waals surface area contributed by atoms with E-state index >= 15 is 0 Å². The Morgan fingerprint density at radius 1 is 0.647 bits per heavy atom. The van der Waals surface area contributed by atoms with Gasteiger partial charge in [-0.3, -0.25) is 14.2 Å². The summed E-state index contributed by atoms with van der Waals surface area (Å²) in [5.41, 5.74) is 8.50. The van der Waals surface area contributed by atoms with E-state index in [-0.39, 0.29) is 48.8 Å². The molecule has 380 valence electrons. The summed E-state index contributed by atoms with van der Waals surface area (Å²) in [6.07, 6.45) is 2.11. The van der Waals surface area contributed by atoms with Gasteiger partial charge in [-0.25, -0.2) is 4.68 Å². The van der Waals surface area contributed by atoms with Gasteiger partial charge in [0.05, 0.1) is 164 Å². The molecule has 0 saturated carbocycles. The highest BCUT2D eigenvalue weighted by atomic mass is 16.6. The van der Waals surface area contributed by atoms with Crippen molar-refractivity contribution in [2.75, 3.05) is 165 Å². The second-order valence-electron chi connectivity index (χ2n) is 14.3. The van der Waals surface area contributed by atoms with Gasteiger partial charge in [-0.1, -0.05) is 17.3 Å². The maximum atomic E-state index is 12.6. The Balaban J connectivity index is 0.830. The number of rotatable bonds is 43. The van der Waals surface area contributed by atoms with E-state index in [2.05, 4.69) is 30.6 Å². The number of nitrogens with two attached hydrogens (primary N) is 1. The number of aromatic hydroxyl groups is 1. The fourth-order valence-electron chi connectivity index (χ4n) is 5.74. The smallest absolute Gasteiger partial charge is 0.320 e. The van der Waals surface area contributed by atoms with Crippen LogP contribution in [-0.4, -0.2) is 216 Å². The Kier molecular flexibility index (Phi) is 28.5. The maximum Gasteiger partial charge on any atom is 0.320 e. The highest BCUT2D eigenvalue weighted by Crippen LogP contribution is 2.26. The Bertz CT molecular complexity index is 1960. The molecule has 0 bridgehead atoms. The number of carbonyl (C=O) groups excluding carboxylic acids is 1. The summed E-state index contributed by atoms with van der Waals surface area (Å²) in [6, 6.07) is 6.71. The molecule has 1 amide bonds. The van der Waals surface area contributed by atoms with E-state index in [1.807, 2.05) is 0 Å². The number of carbonyl (C=O) groups is 2. The average molecular weight is 966 g/mol. The van der Waals surface area contributed by atoms with Crippen LogP contribution in [-0.2, 0) is 76.4 Å². The summed E-state index contributed by atoms with van der Waals surface area (Å²) in [6.45, 7) is 10.5. The van der Waals surface area contributed by atoms with Crippen LogP contribution >= 0.6 is 0 Å². The third kappa shape index (κ3) is 23.7. The summed E-state index contributed by atoms with van der Waals surface area (Å²) in [5.74, 6) is -1.03. The minimum atomic E-state index is -0.862. The molecule has 0 aliphatic heterocycles. The van der Waals surface area contributed by atoms with Crippen LogP contribution in [0.2, 0.25) is 0 Å². The number of carboxylic acids is 1. The number of carboxylic acid groups (broad SMARTS) is 1. The van der Waals surface area contributed by atoms with Crippen molar-refractivity contribution in [3.8, 4) is 12.0 Å². The minimum absolute atomic E-state index is 0.0281. The van der Waals surface area contributed by atoms with E-state index in [0.29, 0.717) is 175 Å². The van der Waals surface area contributed by atoms with Crippen LogP contribution in [0.3, 0.4) is 0 Å². The van der Waals surface area contributed by atoms with Crippen molar-refractivity contribution >= 4 is 28.9 Å². The molecule has 68 heavy (non-hydrogen) atoms. The molecular formula is C43H67N9O16. The van der Waals surface area contributed by atoms with Gasteiger partial charge in [-0.05, 0) is 17.7 Å². The number of aromatic nitrogens is 7. The van der Waals surface area contributed by atoms with E-state index in [1.165, 1.54) is 4.57 Å². The Morgan fingerprint density at radius 3 is 1.65 bits per heavy atom. The molecule has 5 N–H and O–H groups in total. The molecule has 25 nitrogen and oxygen atoms in total. The maximum absolute atomic E-state index is 12.6. The summed E-state index contributed by atoms with van der Waals surface area (Å²) >= 11 is 0. The zero-order valence-electron chi connectivity index (χ0n) is 38.8. The number of aliphatic carboxylic acids is 1. The molecule has 0 spiro atoms. The number of nitrogen functional groups attached to an aromatic ring is 1. The van der Waals surface area contributed by atoms with Gasteiger partial charge in [0, 0.05) is 31.8 Å². The number of nitrogens with zero attached hydrogens (tertiary/aromatic N) is 7. The molecule has 25 heteroatoms. The number of amides is 1. The highest BCUT2D eigenvalue weighted by Gasteiger charge is 2.18. The molecule has 0 aliphatic rings. The molecule has 0 fully saturated rings. The summed E-state index contributed by atoms with van der Waals surface area (Å²) in [7, 11) is 1.55. The third-order valence-corrected chi connectivity index (χ3v) is 9.18. The fraction of sp³-hybridized carbons (Fsp3) is 0.651. The fourth-order valence-corrected chi connectivity index (χ4v) is 5.74. The van der Waals surface area contributed by atoms with Gasteiger partial charge >= 0.3 is 12.0 Å². The molecule has 0 aliphatic carbocycles. The topological polar surface area (TPSA) is 298 Å². The molecule has 4 rings (SSSR count). The second-order valence-corrected chi connectivity index (χ2v) is 14.3. The van der Waals surface area contributed by atoms with E-state index in [1.54, 1.807) is 42.3 Å². The lowest BCUT2D eigenvalue weighted by Gasteiger charge is -2.09. The van der Waals surface area contributed by atoms with E-state index in [9.17, 15) is 14.7 Å². The van der Waals surface area contributed by atoms with Crippen molar-refractivity contribution in [3.63, 3.8) is 0 Å². The number of hydrogen-bond acceptors (Lipinski definition) is 21. The number of benzene rings is 1. The lowest BCUT2D eigenvalue weighted by molar-refractivity contribution is -0.137. The lowest BCUT2D eigenvalue weighted by Crippen LogP contribution is -2.27. The molecule has 0 saturated heterocycles. The zero-order chi connectivity index (χ0) is 48.3. The summed E-state index contributed by atoms with van der Waals surface area (Å²) < 4.78 is 68.7. The Morgan fingerprint density at radius 2 is 1.15 bits per heavy atom. The highest BCUT2D eigenvalue weighted by molar-refractivity contribution is 5.94. The van der Waals surface area contributed by atoms with Crippen molar-refractivity contribution < 1.29 is 76.6 Å². The van der Waals surface area contributed by atoms with Gasteiger partial charge in [-0.2, -0.15) is 15.0 Å². The van der Waals surface area contributed by atoms with Crippen molar-refractivity contribution in [3.05, 3.63) is 47.3 Å². The Hall–Kier alpha value is -5.19. The quantitative estimate of drug-likeness (QED) is 0.0436. The number of fused-ring (bicyclic) bond motifs is 1. The molecule has 0 atom stereocenters. The normalized spacial score (nSPS) is 11.5. The van der Waals surface area contributed by atoms with E-state index in [4.69, 9.17) is 67.7 Å². The molecule has 3 aromatic heterocycles.